The number of thioether (sulfide) groups is 1. The lowest BCUT2D eigenvalue weighted by atomic mass is 9.99. The summed E-state index contributed by atoms with van der Waals surface area (Å²) in [6.45, 7) is 0.437. The Labute approximate surface area is 180 Å². The van der Waals surface area contributed by atoms with Crippen LogP contribution in [0.2, 0.25) is 0 Å². The molecule has 0 N–H and O–H groups in total. The third-order valence-corrected chi connectivity index (χ3v) is 6.57. The summed E-state index contributed by atoms with van der Waals surface area (Å²) >= 11 is 1.43. The highest BCUT2D eigenvalue weighted by atomic mass is 32.2. The molecule has 1 fully saturated rings. The fraction of sp³-hybridized carbons (Fsp3) is 0.292. The van der Waals surface area contributed by atoms with Gasteiger partial charge in [-0.15, -0.1) is 0 Å². The first-order valence-electron chi connectivity index (χ1n) is 10.1. The number of benzene rings is 2. The smallest absolute Gasteiger partial charge is 0.278 e. The van der Waals surface area contributed by atoms with Crippen LogP contribution in [0.3, 0.4) is 0 Å². The molecule has 2 aromatic carbocycles. The molecule has 1 saturated carbocycles. The molecule has 1 aliphatic heterocycles. The number of ether oxygens (including phenoxy) is 1. The highest BCUT2D eigenvalue weighted by Gasteiger charge is 2.34. The van der Waals surface area contributed by atoms with Crippen molar-refractivity contribution in [3.63, 3.8) is 0 Å². The van der Waals surface area contributed by atoms with E-state index in [2.05, 4.69) is 4.99 Å². The second-order valence-electron chi connectivity index (χ2n) is 7.39. The van der Waals surface area contributed by atoms with E-state index >= 15 is 0 Å². The number of amidine groups is 1. The van der Waals surface area contributed by atoms with Crippen molar-refractivity contribution in [3.8, 4) is 5.75 Å². The average Bonchev–Trinajstić information content (AvgIpc) is 3.05. The van der Waals surface area contributed by atoms with Crippen LogP contribution in [0.25, 0.3) is 6.08 Å². The van der Waals surface area contributed by atoms with Crippen LogP contribution in [0.1, 0.15) is 36.8 Å². The monoisotopic (exact) mass is 420 g/mol. The molecule has 154 valence electrons. The topological polar surface area (TPSA) is 59.0 Å². The predicted molar refractivity (Wildman–Crippen MR) is 120 cm³/mol. The quantitative estimate of drug-likeness (QED) is 0.659. The van der Waals surface area contributed by atoms with E-state index in [9.17, 15) is 9.59 Å². The second kappa shape index (κ2) is 9.30. The molecule has 6 heteroatoms. The minimum absolute atomic E-state index is 0.121. The van der Waals surface area contributed by atoms with Crippen molar-refractivity contribution < 1.29 is 14.3 Å². The molecule has 0 saturated heterocycles. The van der Waals surface area contributed by atoms with Gasteiger partial charge in [0.2, 0.25) is 0 Å². The summed E-state index contributed by atoms with van der Waals surface area (Å²) in [5.74, 6) is 0.880. The van der Waals surface area contributed by atoms with Crippen LogP contribution in [0.5, 0.6) is 5.75 Å². The number of aliphatic imine (C=N–C) groups is 1. The number of nitrogens with zero attached hydrogens (tertiary/aromatic N) is 2. The van der Waals surface area contributed by atoms with Crippen molar-refractivity contribution in [1.82, 2.24) is 4.90 Å². The van der Waals surface area contributed by atoms with Crippen molar-refractivity contribution in [3.05, 3.63) is 71.4 Å². The molecule has 1 aliphatic carbocycles. The molecule has 0 unspecified atom stereocenters. The van der Waals surface area contributed by atoms with E-state index in [1.54, 1.807) is 18.1 Å². The number of ketones is 1. The Bertz CT molecular complexity index is 983. The summed E-state index contributed by atoms with van der Waals surface area (Å²) < 4.78 is 5.20. The lowest BCUT2D eigenvalue weighted by Crippen LogP contribution is -2.33. The maximum absolute atomic E-state index is 13.2. The Kier molecular flexibility index (Phi) is 6.33. The minimum Gasteiger partial charge on any atom is -0.497 e. The predicted octanol–water partition coefficient (Wildman–Crippen LogP) is 4.68. The summed E-state index contributed by atoms with van der Waals surface area (Å²) in [5.41, 5.74) is 2.30. The van der Waals surface area contributed by atoms with E-state index in [-0.39, 0.29) is 16.9 Å². The van der Waals surface area contributed by atoms with Crippen molar-refractivity contribution >= 4 is 34.7 Å². The van der Waals surface area contributed by atoms with Gasteiger partial charge in [-0.05, 0) is 42.2 Å². The summed E-state index contributed by atoms with van der Waals surface area (Å²) in [6, 6.07) is 17.4. The first kappa shape index (κ1) is 20.4. The molecule has 2 aliphatic rings. The molecule has 1 heterocycles. The van der Waals surface area contributed by atoms with Gasteiger partial charge in [0.05, 0.1) is 18.9 Å². The molecule has 0 aromatic heterocycles. The van der Waals surface area contributed by atoms with Gasteiger partial charge in [0.15, 0.2) is 5.17 Å². The van der Waals surface area contributed by atoms with Gasteiger partial charge < -0.3 is 4.74 Å². The van der Waals surface area contributed by atoms with Crippen LogP contribution in [0.4, 0.5) is 0 Å². The fourth-order valence-corrected chi connectivity index (χ4v) is 4.80. The number of rotatable bonds is 5. The Morgan fingerprint density at radius 1 is 1.10 bits per heavy atom. The summed E-state index contributed by atoms with van der Waals surface area (Å²) in [6.07, 6.45) is 5.24. The lowest BCUT2D eigenvalue weighted by molar-refractivity contribution is -0.123. The molecule has 30 heavy (non-hydrogen) atoms. The first-order chi connectivity index (χ1) is 14.6. The number of hydrogen-bond acceptors (Lipinski definition) is 5. The highest BCUT2D eigenvalue weighted by molar-refractivity contribution is 8.15. The van der Waals surface area contributed by atoms with Gasteiger partial charge in [-0.3, -0.25) is 14.5 Å². The zero-order valence-corrected chi connectivity index (χ0v) is 17.7. The molecule has 1 amide bonds. The molecule has 0 spiro atoms. The van der Waals surface area contributed by atoms with Gasteiger partial charge in [-0.2, -0.15) is 0 Å². The molecule has 0 radical (unpaired) electrons. The third kappa shape index (κ3) is 4.65. The number of carbonyl (C=O) groups excluding carboxylic acids is 2. The van der Waals surface area contributed by atoms with Crippen molar-refractivity contribution in [1.29, 1.82) is 0 Å². The van der Waals surface area contributed by atoms with E-state index in [0.29, 0.717) is 23.8 Å². The zero-order valence-electron chi connectivity index (χ0n) is 16.9. The Morgan fingerprint density at radius 2 is 1.87 bits per heavy atom. The second-order valence-corrected chi connectivity index (χ2v) is 8.56. The summed E-state index contributed by atoms with van der Waals surface area (Å²) in [5, 5.41) is 0.493. The maximum Gasteiger partial charge on any atom is 0.278 e. The molecule has 4 rings (SSSR count). The third-order valence-electron chi connectivity index (χ3n) is 5.26. The Hall–Kier alpha value is -2.86. The molecular weight excluding hydrogens is 396 g/mol. The number of hydrogen-bond donors (Lipinski definition) is 0. The number of methoxy groups -OCH3 is 1. The summed E-state index contributed by atoms with van der Waals surface area (Å²) in [7, 11) is 1.62. The fourth-order valence-electron chi connectivity index (χ4n) is 3.59. The minimum atomic E-state index is -0.138. The number of Topliss-reactive ketones (excluding diaryl/α,β-unsaturated/α-hetero) is 1. The highest BCUT2D eigenvalue weighted by Crippen LogP contribution is 2.33. The van der Waals surface area contributed by atoms with Gasteiger partial charge in [0.1, 0.15) is 17.2 Å². The molecule has 5 nitrogen and oxygen atoms in total. The van der Waals surface area contributed by atoms with E-state index in [1.165, 1.54) is 11.8 Å². The molecule has 1 atom stereocenters. The lowest BCUT2D eigenvalue weighted by Gasteiger charge is -2.23. The Balaban J connectivity index is 1.61. The standard InChI is InChI=1S/C24H24N2O3S/c1-29-19-13-11-17(12-14-19)15-20-23(28)26(16-18-7-3-2-4-8-18)24(25-20)30-22-10-6-5-9-21(22)27/h2-4,7-8,11-15,22H,5-6,9-10,16H2,1H3/b20-15-/t22-/m0/s1. The molecule has 0 bridgehead atoms. The number of amides is 1. The zero-order chi connectivity index (χ0) is 20.9. The van der Waals surface area contributed by atoms with Gasteiger partial charge in [0.25, 0.3) is 5.91 Å². The van der Waals surface area contributed by atoms with Crippen LogP contribution in [0.15, 0.2) is 65.3 Å². The van der Waals surface area contributed by atoms with Crippen LogP contribution >= 0.6 is 11.8 Å². The average molecular weight is 421 g/mol. The van der Waals surface area contributed by atoms with Gasteiger partial charge >= 0.3 is 0 Å². The van der Waals surface area contributed by atoms with Crippen LogP contribution in [-0.4, -0.2) is 34.1 Å². The molecular formula is C24H24N2O3S. The first-order valence-corrected chi connectivity index (χ1v) is 11.0. The van der Waals surface area contributed by atoms with Crippen LogP contribution in [-0.2, 0) is 16.1 Å². The van der Waals surface area contributed by atoms with Gasteiger partial charge in [0, 0.05) is 6.42 Å². The summed E-state index contributed by atoms with van der Waals surface area (Å²) in [4.78, 5) is 31.9. The largest absolute Gasteiger partial charge is 0.497 e. The number of carbonyl (C=O) groups is 2. The van der Waals surface area contributed by atoms with Crippen molar-refractivity contribution in [2.45, 2.75) is 37.5 Å². The Morgan fingerprint density at radius 3 is 2.57 bits per heavy atom. The normalized spacial score (nSPS) is 20.6. The molecule has 2 aromatic rings. The van der Waals surface area contributed by atoms with Crippen LogP contribution < -0.4 is 4.74 Å². The van der Waals surface area contributed by atoms with E-state index in [1.807, 2.05) is 54.6 Å². The van der Waals surface area contributed by atoms with Gasteiger partial charge in [-0.25, -0.2) is 4.99 Å². The van der Waals surface area contributed by atoms with Crippen molar-refractivity contribution in [2.75, 3.05) is 7.11 Å². The van der Waals surface area contributed by atoms with Gasteiger partial charge in [-0.1, -0.05) is 60.6 Å². The van der Waals surface area contributed by atoms with E-state index < -0.39 is 0 Å². The maximum atomic E-state index is 13.2. The van der Waals surface area contributed by atoms with Crippen LogP contribution in [0, 0.1) is 0 Å². The SMILES string of the molecule is COc1ccc(/C=C2\N=C(S[C@H]3CCCCC3=O)N(Cc3ccccc3)C2=O)cc1. The van der Waals surface area contributed by atoms with E-state index in [4.69, 9.17) is 4.74 Å². The van der Waals surface area contributed by atoms with Crippen molar-refractivity contribution in [2.24, 2.45) is 4.99 Å². The van der Waals surface area contributed by atoms with E-state index in [0.717, 1.165) is 36.1 Å².